The second-order valence-electron chi connectivity index (χ2n) is 5.44. The van der Waals surface area contributed by atoms with E-state index in [0.29, 0.717) is 24.9 Å². The third-order valence-electron chi connectivity index (χ3n) is 3.84. The Morgan fingerprint density at radius 3 is 2.62 bits per heavy atom. The first-order valence-electron chi connectivity index (χ1n) is 6.73. The van der Waals surface area contributed by atoms with Gasteiger partial charge < -0.3 is 5.32 Å². The van der Waals surface area contributed by atoms with Crippen molar-refractivity contribution in [3.8, 4) is 0 Å². The summed E-state index contributed by atoms with van der Waals surface area (Å²) in [4.78, 5) is 10.4. The van der Waals surface area contributed by atoms with Crippen LogP contribution >= 0.6 is 11.3 Å². The maximum Gasteiger partial charge on any atom is 0.304 e. The van der Waals surface area contributed by atoms with E-state index in [1.165, 1.54) is 4.31 Å². The molecule has 9 heteroatoms. The Balaban J connectivity index is 2.31. The van der Waals surface area contributed by atoms with E-state index >= 15 is 0 Å². The van der Waals surface area contributed by atoms with Crippen LogP contribution in [0.2, 0.25) is 0 Å². The molecule has 0 spiro atoms. The lowest BCUT2D eigenvalue weighted by Crippen LogP contribution is -2.28. The molecule has 0 amide bonds. The topological polar surface area (TPSA) is 92.6 Å². The van der Waals surface area contributed by atoms with Gasteiger partial charge in [-0.2, -0.15) is 4.31 Å². The normalized spacial score (nSPS) is 20.1. The highest BCUT2D eigenvalue weighted by atomic mass is 32.2. The number of anilines is 1. The highest BCUT2D eigenvalue weighted by Crippen LogP contribution is 2.39. The van der Waals surface area contributed by atoms with E-state index in [4.69, 9.17) is 0 Å². The van der Waals surface area contributed by atoms with Gasteiger partial charge in [-0.05, 0) is 18.3 Å². The molecule has 0 radical (unpaired) electrons. The lowest BCUT2D eigenvalue weighted by Gasteiger charge is -2.16. The molecule has 1 aromatic rings. The average Bonchev–Trinajstić information content (AvgIpc) is 3.06. The van der Waals surface area contributed by atoms with Crippen molar-refractivity contribution < 1.29 is 13.3 Å². The Morgan fingerprint density at radius 1 is 1.52 bits per heavy atom. The van der Waals surface area contributed by atoms with Crippen LogP contribution in [0.5, 0.6) is 0 Å². The van der Waals surface area contributed by atoms with Crippen molar-refractivity contribution in [2.75, 3.05) is 25.5 Å². The summed E-state index contributed by atoms with van der Waals surface area (Å²) in [6.45, 7) is 5.12. The van der Waals surface area contributed by atoms with Crippen LogP contribution < -0.4 is 5.32 Å². The molecular weight excluding hydrogens is 314 g/mol. The van der Waals surface area contributed by atoms with Crippen molar-refractivity contribution in [1.82, 2.24) is 4.31 Å². The van der Waals surface area contributed by atoms with Crippen molar-refractivity contribution in [2.24, 2.45) is 11.8 Å². The van der Waals surface area contributed by atoms with Crippen molar-refractivity contribution in [1.29, 1.82) is 0 Å². The predicted octanol–water partition coefficient (Wildman–Crippen LogP) is 2.36. The minimum Gasteiger partial charge on any atom is -0.374 e. The number of hydrogen-bond donors (Lipinski definition) is 1. The van der Waals surface area contributed by atoms with Crippen LogP contribution in [0.15, 0.2) is 10.3 Å². The van der Waals surface area contributed by atoms with E-state index in [-0.39, 0.29) is 14.9 Å². The zero-order valence-corrected chi connectivity index (χ0v) is 13.8. The van der Waals surface area contributed by atoms with Gasteiger partial charge in [-0.25, -0.2) is 8.42 Å². The Labute approximate surface area is 128 Å². The molecule has 21 heavy (non-hydrogen) atoms. The van der Waals surface area contributed by atoms with Crippen LogP contribution in [0, 0.1) is 22.0 Å². The van der Waals surface area contributed by atoms with Crippen LogP contribution in [0.4, 0.5) is 10.7 Å². The summed E-state index contributed by atoms with van der Waals surface area (Å²) in [5.41, 5.74) is -0.194. The number of nitro groups is 1. The van der Waals surface area contributed by atoms with E-state index in [1.54, 1.807) is 7.05 Å². The lowest BCUT2D eigenvalue weighted by molar-refractivity contribution is -0.383. The molecule has 2 heterocycles. The third-order valence-corrected chi connectivity index (χ3v) is 7.29. The van der Waals surface area contributed by atoms with Gasteiger partial charge >= 0.3 is 5.69 Å². The quantitative estimate of drug-likeness (QED) is 0.659. The molecule has 1 aromatic heterocycles. The van der Waals surface area contributed by atoms with Gasteiger partial charge in [0.25, 0.3) is 10.0 Å². The molecule has 1 saturated heterocycles. The number of hydrogen-bond acceptors (Lipinski definition) is 6. The zero-order chi connectivity index (χ0) is 15.8. The van der Waals surface area contributed by atoms with Gasteiger partial charge in [0.05, 0.1) is 4.92 Å². The van der Waals surface area contributed by atoms with Gasteiger partial charge in [-0.15, -0.1) is 0 Å². The van der Waals surface area contributed by atoms with Crippen molar-refractivity contribution in [3.05, 3.63) is 16.2 Å². The number of nitrogens with one attached hydrogen (secondary N) is 1. The molecule has 1 N–H and O–H groups in total. The average molecular weight is 333 g/mol. The number of rotatable bonds is 5. The Morgan fingerprint density at radius 2 is 2.19 bits per heavy atom. The second kappa shape index (κ2) is 5.90. The van der Waals surface area contributed by atoms with Gasteiger partial charge in [-0.3, -0.25) is 10.1 Å². The zero-order valence-electron chi connectivity index (χ0n) is 12.2. The minimum atomic E-state index is -3.64. The van der Waals surface area contributed by atoms with E-state index in [9.17, 15) is 18.5 Å². The second-order valence-corrected chi connectivity index (χ2v) is 8.66. The van der Waals surface area contributed by atoms with Gasteiger partial charge in [0.1, 0.15) is 4.21 Å². The van der Waals surface area contributed by atoms with Gasteiger partial charge in [0.15, 0.2) is 5.00 Å². The van der Waals surface area contributed by atoms with Gasteiger partial charge in [0.2, 0.25) is 0 Å². The molecule has 1 fully saturated rings. The largest absolute Gasteiger partial charge is 0.374 e. The van der Waals surface area contributed by atoms with Crippen LogP contribution in [-0.2, 0) is 10.0 Å². The van der Waals surface area contributed by atoms with Crippen LogP contribution in [0.25, 0.3) is 0 Å². The van der Waals surface area contributed by atoms with E-state index in [2.05, 4.69) is 19.2 Å². The Hall–Kier alpha value is -1.19. The number of sulfonamides is 1. The molecule has 1 atom stereocenters. The summed E-state index contributed by atoms with van der Waals surface area (Å²) < 4.78 is 26.7. The molecule has 118 valence electrons. The fraction of sp³-hybridized carbons (Fsp3) is 0.667. The van der Waals surface area contributed by atoms with E-state index in [1.807, 2.05) is 0 Å². The van der Waals surface area contributed by atoms with Crippen molar-refractivity contribution >= 4 is 32.0 Å². The first-order chi connectivity index (χ1) is 9.77. The summed E-state index contributed by atoms with van der Waals surface area (Å²) in [6.07, 6.45) is 0.837. The highest BCUT2D eigenvalue weighted by Gasteiger charge is 2.36. The number of nitrogens with zero attached hydrogens (tertiary/aromatic N) is 2. The lowest BCUT2D eigenvalue weighted by atomic mass is 9.96. The molecule has 0 aromatic carbocycles. The van der Waals surface area contributed by atoms with Crippen LogP contribution in [0.3, 0.4) is 0 Å². The molecule has 0 bridgehead atoms. The fourth-order valence-corrected chi connectivity index (χ4v) is 5.39. The summed E-state index contributed by atoms with van der Waals surface area (Å²) >= 11 is 0.909. The smallest absolute Gasteiger partial charge is 0.304 e. The maximum atomic E-state index is 12.6. The fourth-order valence-electron chi connectivity index (χ4n) is 2.45. The molecular formula is C12H19N3O4S2. The van der Waals surface area contributed by atoms with Gasteiger partial charge in [-0.1, -0.05) is 25.2 Å². The highest BCUT2D eigenvalue weighted by molar-refractivity contribution is 7.91. The molecule has 0 aliphatic carbocycles. The van der Waals surface area contributed by atoms with Crippen molar-refractivity contribution in [3.63, 3.8) is 0 Å². The summed E-state index contributed by atoms with van der Waals surface area (Å²) in [6, 6.07) is 1.15. The Bertz CT molecular complexity index is 639. The van der Waals surface area contributed by atoms with Crippen LogP contribution in [0.1, 0.15) is 20.3 Å². The summed E-state index contributed by atoms with van der Waals surface area (Å²) in [7, 11) is -2.10. The summed E-state index contributed by atoms with van der Waals surface area (Å²) in [5, 5.41) is 13.9. The third kappa shape index (κ3) is 3.04. The predicted molar refractivity (Wildman–Crippen MR) is 82.2 cm³/mol. The molecule has 1 aliphatic rings. The molecule has 1 unspecified atom stereocenters. The summed E-state index contributed by atoms with van der Waals surface area (Å²) in [5.74, 6) is 0.772. The SMILES string of the molecule is CNc1sc(S(=O)(=O)N2CCC(C(C)C)C2)cc1[N+](=O)[O-]. The standard InChI is InChI=1S/C12H19N3O4S2/c1-8(2)9-4-5-14(7-9)21(18,19)11-6-10(15(16)17)12(13-3)20-11/h6,8-9,13H,4-5,7H2,1-3H3. The molecule has 1 aliphatic heterocycles. The minimum absolute atomic E-state index is 0.0305. The van der Waals surface area contributed by atoms with E-state index in [0.717, 1.165) is 23.8 Å². The van der Waals surface area contributed by atoms with Crippen LogP contribution in [-0.4, -0.2) is 37.8 Å². The van der Waals surface area contributed by atoms with E-state index < -0.39 is 14.9 Å². The van der Waals surface area contributed by atoms with Crippen molar-refractivity contribution in [2.45, 2.75) is 24.5 Å². The first-order valence-corrected chi connectivity index (χ1v) is 8.99. The number of thiophene rings is 1. The monoisotopic (exact) mass is 333 g/mol. The molecule has 7 nitrogen and oxygen atoms in total. The first kappa shape index (κ1) is 16.2. The molecule has 0 saturated carbocycles. The Kier molecular flexibility index (Phi) is 4.54. The maximum absolute atomic E-state index is 12.6. The molecule has 2 rings (SSSR count). The van der Waals surface area contributed by atoms with Gasteiger partial charge in [0, 0.05) is 26.2 Å².